The van der Waals surface area contributed by atoms with Crippen molar-refractivity contribution in [3.05, 3.63) is 146 Å². The lowest BCUT2D eigenvalue weighted by atomic mass is 9.79. The number of sulfonamides is 1. The van der Waals surface area contributed by atoms with Gasteiger partial charge in [0.25, 0.3) is 15.9 Å². The van der Waals surface area contributed by atoms with E-state index in [0.29, 0.717) is 51.3 Å². The van der Waals surface area contributed by atoms with Crippen LogP contribution in [0.2, 0.25) is 0 Å². The Hall–Kier alpha value is -5.28. The van der Waals surface area contributed by atoms with E-state index in [4.69, 9.17) is 18.9 Å². The summed E-state index contributed by atoms with van der Waals surface area (Å²) < 4.78 is 57.2. The summed E-state index contributed by atoms with van der Waals surface area (Å²) in [7, 11) is -4.15. The maximum atomic E-state index is 13.9. The molecule has 6 rings (SSSR count). The summed E-state index contributed by atoms with van der Waals surface area (Å²) >= 11 is 0. The van der Waals surface area contributed by atoms with Gasteiger partial charge in [0, 0.05) is 25.7 Å². The third-order valence-corrected chi connectivity index (χ3v) is 15.2. The minimum atomic E-state index is -4.15. The van der Waals surface area contributed by atoms with Crippen LogP contribution < -0.4 is 23.7 Å². The number of amides is 1. The SMILES string of the molecule is CCCCOc1c2cc(C(C)(C)C)cc1Cc1cc(C(C)(C)C)cc(c1OCCCC)Cc1cc(C(C)(C)C)cc(c1OCC(=O)NS(=O)(=O)c1ccccc1)Cc1cc(C(C)(C)C)cc(c1OCCCC)C2. The van der Waals surface area contributed by atoms with E-state index in [1.165, 1.54) is 28.8 Å². The van der Waals surface area contributed by atoms with Crippen molar-refractivity contribution in [1.82, 2.24) is 4.72 Å². The number of ether oxygens (including phenoxy) is 4. The lowest BCUT2D eigenvalue weighted by Crippen LogP contribution is -2.34. The van der Waals surface area contributed by atoms with Gasteiger partial charge in [-0.3, -0.25) is 4.79 Å². The van der Waals surface area contributed by atoms with E-state index in [2.05, 4.69) is 157 Å². The Bertz CT molecular complexity index is 2690. The largest absolute Gasteiger partial charge is 0.493 e. The number of unbranched alkanes of at least 4 members (excludes halogenated alkanes) is 3. The quantitative estimate of drug-likeness (QED) is 0.0909. The molecule has 5 aromatic rings. The molecule has 0 fully saturated rings. The molecule has 5 aromatic carbocycles. The minimum absolute atomic E-state index is 0.00289. The van der Waals surface area contributed by atoms with Crippen molar-refractivity contribution >= 4 is 15.9 Å². The second-order valence-corrected chi connectivity index (χ2v) is 26.1. The van der Waals surface area contributed by atoms with E-state index in [-0.39, 0.29) is 26.6 Å². The fourth-order valence-corrected chi connectivity index (χ4v) is 10.3. The van der Waals surface area contributed by atoms with Crippen LogP contribution in [0, 0.1) is 0 Å². The average Bonchev–Trinajstić information content (AvgIpc) is 3.29. The van der Waals surface area contributed by atoms with Gasteiger partial charge in [0.05, 0.1) is 24.7 Å². The van der Waals surface area contributed by atoms with Crippen molar-refractivity contribution in [2.45, 2.75) is 195 Å². The number of hydrogen-bond acceptors (Lipinski definition) is 7. The highest BCUT2D eigenvalue weighted by atomic mass is 32.2. The van der Waals surface area contributed by atoms with Crippen LogP contribution in [0.4, 0.5) is 0 Å². The van der Waals surface area contributed by atoms with Crippen LogP contribution in [0.25, 0.3) is 0 Å². The zero-order valence-electron chi connectivity index (χ0n) is 47.2. The number of hydrogen-bond donors (Lipinski definition) is 1. The zero-order chi connectivity index (χ0) is 53.5. The number of nitrogens with one attached hydrogen (secondary N) is 1. The van der Waals surface area contributed by atoms with Gasteiger partial charge >= 0.3 is 0 Å². The number of fused-ring (bicyclic) bond motifs is 8. The summed E-state index contributed by atoms with van der Waals surface area (Å²) in [5, 5.41) is 0. The molecule has 1 N–H and O–H groups in total. The Kier molecular flexibility index (Phi) is 18.4. The van der Waals surface area contributed by atoms with Crippen LogP contribution in [0.5, 0.6) is 23.0 Å². The highest BCUT2D eigenvalue weighted by Gasteiger charge is 2.30. The zero-order valence-corrected chi connectivity index (χ0v) is 48.0. The molecule has 0 saturated heterocycles. The topological polar surface area (TPSA) is 100 Å². The van der Waals surface area contributed by atoms with Gasteiger partial charge in [-0.15, -0.1) is 0 Å². The molecule has 0 atom stereocenters. The van der Waals surface area contributed by atoms with Crippen molar-refractivity contribution < 1.29 is 32.2 Å². The van der Waals surface area contributed by atoms with E-state index < -0.39 is 22.5 Å². The number of benzene rings is 5. The molecule has 1 aliphatic carbocycles. The minimum Gasteiger partial charge on any atom is -0.493 e. The van der Waals surface area contributed by atoms with Gasteiger partial charge in [0.1, 0.15) is 23.0 Å². The molecular formula is C64H87NO7S. The molecule has 0 heterocycles. The lowest BCUT2D eigenvalue weighted by Gasteiger charge is -2.29. The summed E-state index contributed by atoms with van der Waals surface area (Å²) in [5.74, 6) is 2.41. The van der Waals surface area contributed by atoms with E-state index in [1.807, 2.05) is 0 Å². The second-order valence-electron chi connectivity index (χ2n) is 24.4. The highest BCUT2D eigenvalue weighted by molar-refractivity contribution is 7.90. The van der Waals surface area contributed by atoms with E-state index >= 15 is 0 Å². The first-order chi connectivity index (χ1) is 34.2. The first-order valence-corrected chi connectivity index (χ1v) is 28.5. The smallest absolute Gasteiger partial charge is 0.271 e. The third kappa shape index (κ3) is 14.7. The van der Waals surface area contributed by atoms with Gasteiger partial charge in [-0.2, -0.15) is 0 Å². The molecule has 0 aromatic heterocycles. The third-order valence-electron chi connectivity index (χ3n) is 13.8. The van der Waals surface area contributed by atoms with Gasteiger partial charge < -0.3 is 18.9 Å². The molecule has 1 amide bonds. The predicted octanol–water partition coefficient (Wildman–Crippen LogP) is 15.0. The Morgan fingerprint density at radius 1 is 0.438 bits per heavy atom. The molecule has 0 aliphatic heterocycles. The van der Waals surface area contributed by atoms with Gasteiger partial charge in [-0.25, -0.2) is 13.1 Å². The standard InChI is InChI=1S/C64H87NO7S/c1-16-19-27-69-57-43-30-45-36-52(62(7,8)9)38-47(58(45)70-28-20-17-2)32-49-40-54(64(13,14)15)41-50(60(49)72-42-56(66)65-73(67,68)55-25-23-22-24-26-55)33-48-39-53(63(10,11)12)37-46(59(48)71-29-21-18-3)31-44(57)35-51(34-43)61(4,5)6/h22-26,34-41H,16-21,27-33,42H2,1-15H3,(H,65,66). The fourth-order valence-electron chi connectivity index (χ4n) is 9.29. The van der Waals surface area contributed by atoms with Gasteiger partial charge in [0.2, 0.25) is 0 Å². The normalized spacial score (nSPS) is 13.4. The molecule has 1 aliphatic rings. The summed E-state index contributed by atoms with van der Waals surface area (Å²) in [6, 6.07) is 26.4. The maximum Gasteiger partial charge on any atom is 0.271 e. The Morgan fingerprint density at radius 3 is 0.945 bits per heavy atom. The van der Waals surface area contributed by atoms with E-state index in [9.17, 15) is 13.2 Å². The molecule has 9 heteroatoms. The van der Waals surface area contributed by atoms with Crippen LogP contribution in [-0.4, -0.2) is 40.8 Å². The summed E-state index contributed by atoms with van der Waals surface area (Å²) in [4.78, 5) is 13.9. The molecule has 396 valence electrons. The van der Waals surface area contributed by atoms with Crippen LogP contribution in [0.1, 0.15) is 209 Å². The van der Waals surface area contributed by atoms with Gasteiger partial charge in [-0.1, -0.05) is 190 Å². The van der Waals surface area contributed by atoms with Gasteiger partial charge in [0.15, 0.2) is 6.61 Å². The van der Waals surface area contributed by atoms with E-state index in [0.717, 1.165) is 106 Å². The summed E-state index contributed by atoms with van der Waals surface area (Å²) in [6.45, 7) is 34.8. The Labute approximate surface area is 440 Å². The van der Waals surface area contributed by atoms with Crippen molar-refractivity contribution in [3.8, 4) is 23.0 Å². The highest BCUT2D eigenvalue weighted by Crippen LogP contribution is 2.44. The van der Waals surface area contributed by atoms with Crippen molar-refractivity contribution in [2.24, 2.45) is 0 Å². The first-order valence-electron chi connectivity index (χ1n) is 27.0. The molecule has 8 nitrogen and oxygen atoms in total. The molecule has 8 bridgehead atoms. The maximum absolute atomic E-state index is 13.9. The second kappa shape index (κ2) is 23.5. The van der Waals surface area contributed by atoms with Crippen molar-refractivity contribution in [3.63, 3.8) is 0 Å². The average molecular weight is 1010 g/mol. The van der Waals surface area contributed by atoms with Crippen LogP contribution >= 0.6 is 0 Å². The number of rotatable bonds is 17. The van der Waals surface area contributed by atoms with Crippen LogP contribution in [-0.2, 0) is 62.2 Å². The fraction of sp³-hybridized carbons (Fsp3) is 0.516. The molecule has 0 unspecified atom stereocenters. The lowest BCUT2D eigenvalue weighted by molar-refractivity contribution is -0.121. The Morgan fingerprint density at radius 2 is 0.699 bits per heavy atom. The van der Waals surface area contributed by atoms with Crippen LogP contribution in [0.15, 0.2) is 83.8 Å². The first kappa shape index (κ1) is 57.0. The van der Waals surface area contributed by atoms with Gasteiger partial charge in [-0.05, 0) is 120 Å². The number of carbonyl (C=O) groups excluding carboxylic acids is 1. The Balaban J connectivity index is 1.74. The molecule has 73 heavy (non-hydrogen) atoms. The summed E-state index contributed by atoms with van der Waals surface area (Å²) in [6.07, 6.45) is 7.72. The predicted molar refractivity (Wildman–Crippen MR) is 300 cm³/mol. The molecule has 0 spiro atoms. The summed E-state index contributed by atoms with van der Waals surface area (Å²) in [5.41, 5.74) is 12.1. The van der Waals surface area contributed by atoms with Crippen molar-refractivity contribution in [2.75, 3.05) is 26.4 Å². The van der Waals surface area contributed by atoms with Crippen molar-refractivity contribution in [1.29, 1.82) is 0 Å². The molecule has 0 saturated carbocycles. The number of carbonyl (C=O) groups is 1. The monoisotopic (exact) mass is 1010 g/mol. The molecule has 0 radical (unpaired) electrons. The van der Waals surface area contributed by atoms with E-state index in [1.54, 1.807) is 18.2 Å². The molecular weight excluding hydrogens is 927 g/mol. The van der Waals surface area contributed by atoms with Crippen LogP contribution in [0.3, 0.4) is 0 Å².